The molecule has 23 heavy (non-hydrogen) atoms. The van der Waals surface area contributed by atoms with Gasteiger partial charge in [-0.25, -0.2) is 9.78 Å². The van der Waals surface area contributed by atoms with Gasteiger partial charge in [0.05, 0.1) is 11.0 Å². The summed E-state index contributed by atoms with van der Waals surface area (Å²) in [4.78, 5) is 29.3. The van der Waals surface area contributed by atoms with Crippen LogP contribution in [-0.4, -0.2) is 59.6 Å². The molecule has 0 radical (unpaired) electrons. The number of nitrogens with two attached hydrogens (primary N) is 1. The van der Waals surface area contributed by atoms with Crippen LogP contribution in [-0.2, 0) is 4.79 Å². The average Bonchev–Trinajstić information content (AvgIpc) is 2.55. The van der Waals surface area contributed by atoms with Gasteiger partial charge in [-0.2, -0.15) is 0 Å². The monoisotopic (exact) mass is 384 g/mol. The fourth-order valence-corrected chi connectivity index (χ4v) is 3.38. The number of aromatic nitrogens is 1. The number of hydrogen-bond donors (Lipinski definition) is 2. The van der Waals surface area contributed by atoms with Gasteiger partial charge in [0.15, 0.2) is 0 Å². The standard InChI is InChI=1S/C15H21BrN4O3/c16-12-2-1-5-18-14(12)19-6-3-11(4-7-19)13(17)10-20(8-9-21)15(22)23/h1-2,5,9,11,13H,3-4,6-8,10,17H2,(H,22,23). The van der Waals surface area contributed by atoms with Gasteiger partial charge in [0, 0.05) is 31.9 Å². The lowest BCUT2D eigenvalue weighted by Gasteiger charge is -2.36. The molecule has 1 aromatic heterocycles. The number of carboxylic acid groups (broad SMARTS) is 1. The number of aldehydes is 1. The average molecular weight is 385 g/mol. The molecule has 1 fully saturated rings. The molecule has 1 aliphatic heterocycles. The number of carbonyl (C=O) groups is 2. The third-order valence-electron chi connectivity index (χ3n) is 4.18. The van der Waals surface area contributed by atoms with Crippen LogP contribution in [0.15, 0.2) is 22.8 Å². The summed E-state index contributed by atoms with van der Waals surface area (Å²) in [6.45, 7) is 1.71. The normalized spacial score (nSPS) is 16.9. The number of pyridine rings is 1. The van der Waals surface area contributed by atoms with Crippen LogP contribution >= 0.6 is 15.9 Å². The molecule has 7 nitrogen and oxygen atoms in total. The van der Waals surface area contributed by atoms with E-state index in [2.05, 4.69) is 25.8 Å². The van der Waals surface area contributed by atoms with Crippen molar-refractivity contribution in [1.29, 1.82) is 0 Å². The maximum absolute atomic E-state index is 11.1. The molecule has 0 saturated carbocycles. The number of anilines is 1. The van der Waals surface area contributed by atoms with Crippen molar-refractivity contribution in [2.24, 2.45) is 11.7 Å². The first kappa shape index (κ1) is 17.7. The Kier molecular flexibility index (Phi) is 6.35. The molecule has 0 spiro atoms. The Labute approximate surface area is 143 Å². The van der Waals surface area contributed by atoms with Gasteiger partial charge in [-0.3, -0.25) is 4.90 Å². The van der Waals surface area contributed by atoms with E-state index in [1.807, 2.05) is 12.1 Å². The van der Waals surface area contributed by atoms with Gasteiger partial charge >= 0.3 is 6.09 Å². The van der Waals surface area contributed by atoms with Crippen LogP contribution in [0.2, 0.25) is 0 Å². The molecule has 1 amide bonds. The number of halogens is 1. The largest absolute Gasteiger partial charge is 0.465 e. The second-order valence-corrected chi connectivity index (χ2v) is 6.51. The van der Waals surface area contributed by atoms with Gasteiger partial charge in [-0.05, 0) is 46.8 Å². The molecule has 2 rings (SSSR count). The second kappa shape index (κ2) is 8.26. The van der Waals surface area contributed by atoms with Crippen molar-refractivity contribution >= 4 is 34.1 Å². The van der Waals surface area contributed by atoms with Gasteiger partial charge in [0.25, 0.3) is 0 Å². The van der Waals surface area contributed by atoms with Crippen LogP contribution in [0, 0.1) is 5.92 Å². The Morgan fingerprint density at radius 3 is 2.83 bits per heavy atom. The smallest absolute Gasteiger partial charge is 0.407 e. The lowest BCUT2D eigenvalue weighted by atomic mass is 9.89. The number of hydrogen-bond acceptors (Lipinski definition) is 5. The highest BCUT2D eigenvalue weighted by Crippen LogP contribution is 2.28. The highest BCUT2D eigenvalue weighted by molar-refractivity contribution is 9.10. The summed E-state index contributed by atoms with van der Waals surface area (Å²) in [6, 6.07) is 3.58. The summed E-state index contributed by atoms with van der Waals surface area (Å²) in [6.07, 6.45) is 2.99. The predicted octanol–water partition coefficient (Wildman–Crippen LogP) is 1.57. The Bertz CT molecular complexity index is 549. The summed E-state index contributed by atoms with van der Waals surface area (Å²) in [5.41, 5.74) is 6.17. The zero-order valence-corrected chi connectivity index (χ0v) is 14.4. The molecule has 1 atom stereocenters. The lowest BCUT2D eigenvalue weighted by Crippen LogP contribution is -2.48. The fraction of sp³-hybridized carbons (Fsp3) is 0.533. The van der Waals surface area contributed by atoms with Crippen LogP contribution < -0.4 is 10.6 Å². The Hall–Kier alpha value is -1.67. The van der Waals surface area contributed by atoms with Crippen molar-refractivity contribution in [3.05, 3.63) is 22.8 Å². The second-order valence-electron chi connectivity index (χ2n) is 5.65. The first-order chi connectivity index (χ1) is 11.0. The van der Waals surface area contributed by atoms with Crippen molar-refractivity contribution in [2.45, 2.75) is 18.9 Å². The summed E-state index contributed by atoms with van der Waals surface area (Å²) < 4.78 is 0.964. The van der Waals surface area contributed by atoms with Crippen LogP contribution in [0.5, 0.6) is 0 Å². The minimum absolute atomic E-state index is 0.136. The van der Waals surface area contributed by atoms with Crippen molar-refractivity contribution in [3.63, 3.8) is 0 Å². The SMILES string of the molecule is NC(CN(CC=O)C(=O)O)C1CCN(c2ncccc2Br)CC1. The number of piperidine rings is 1. The molecule has 0 aliphatic carbocycles. The van der Waals surface area contributed by atoms with Crippen molar-refractivity contribution < 1.29 is 14.7 Å². The van der Waals surface area contributed by atoms with Crippen LogP contribution in [0.3, 0.4) is 0 Å². The van der Waals surface area contributed by atoms with E-state index in [0.29, 0.717) is 6.29 Å². The third kappa shape index (κ3) is 4.65. The number of nitrogens with zero attached hydrogens (tertiary/aromatic N) is 3. The minimum Gasteiger partial charge on any atom is -0.465 e. The lowest BCUT2D eigenvalue weighted by molar-refractivity contribution is -0.108. The predicted molar refractivity (Wildman–Crippen MR) is 90.5 cm³/mol. The van der Waals surface area contributed by atoms with Gasteiger partial charge in [-0.15, -0.1) is 0 Å². The molecule has 0 aromatic carbocycles. The molecule has 1 aromatic rings. The number of rotatable bonds is 6. The van der Waals surface area contributed by atoms with E-state index in [0.717, 1.165) is 41.1 Å². The molecule has 1 aliphatic rings. The molecule has 1 unspecified atom stereocenters. The molecule has 3 N–H and O–H groups in total. The van der Waals surface area contributed by atoms with Gasteiger partial charge in [0.2, 0.25) is 0 Å². The van der Waals surface area contributed by atoms with E-state index in [9.17, 15) is 9.59 Å². The van der Waals surface area contributed by atoms with Crippen LogP contribution in [0.4, 0.5) is 10.6 Å². The molecule has 0 bridgehead atoms. The van der Waals surface area contributed by atoms with E-state index >= 15 is 0 Å². The first-order valence-electron chi connectivity index (χ1n) is 7.55. The van der Waals surface area contributed by atoms with E-state index < -0.39 is 6.09 Å². The maximum Gasteiger partial charge on any atom is 0.407 e. The summed E-state index contributed by atoms with van der Waals surface area (Å²) in [7, 11) is 0. The highest BCUT2D eigenvalue weighted by Gasteiger charge is 2.27. The molecule has 8 heteroatoms. The first-order valence-corrected chi connectivity index (χ1v) is 8.34. The molecule has 2 heterocycles. The van der Waals surface area contributed by atoms with Gasteiger partial charge in [-0.1, -0.05) is 0 Å². The summed E-state index contributed by atoms with van der Waals surface area (Å²) in [5, 5.41) is 9.06. The molecule has 126 valence electrons. The van der Waals surface area contributed by atoms with Crippen LogP contribution in [0.1, 0.15) is 12.8 Å². The zero-order chi connectivity index (χ0) is 16.8. The Balaban J connectivity index is 1.89. The van der Waals surface area contributed by atoms with E-state index in [1.54, 1.807) is 6.20 Å². The number of amides is 1. The number of carbonyl (C=O) groups excluding carboxylic acids is 1. The van der Waals surface area contributed by atoms with Gasteiger partial charge in [0.1, 0.15) is 12.1 Å². The van der Waals surface area contributed by atoms with E-state index in [1.165, 1.54) is 0 Å². The molecular weight excluding hydrogens is 364 g/mol. The third-order valence-corrected chi connectivity index (χ3v) is 4.80. The molecular formula is C15H21BrN4O3. The topological polar surface area (TPSA) is 99.8 Å². The quantitative estimate of drug-likeness (QED) is 0.722. The van der Waals surface area contributed by atoms with E-state index in [-0.39, 0.29) is 25.0 Å². The summed E-state index contributed by atoms with van der Waals surface area (Å²) in [5.74, 6) is 1.16. The highest BCUT2D eigenvalue weighted by atomic mass is 79.9. The Morgan fingerprint density at radius 1 is 1.57 bits per heavy atom. The van der Waals surface area contributed by atoms with E-state index in [4.69, 9.17) is 10.8 Å². The zero-order valence-electron chi connectivity index (χ0n) is 12.8. The van der Waals surface area contributed by atoms with Crippen molar-refractivity contribution in [1.82, 2.24) is 9.88 Å². The van der Waals surface area contributed by atoms with Crippen molar-refractivity contribution in [3.8, 4) is 0 Å². The molecule has 1 saturated heterocycles. The van der Waals surface area contributed by atoms with Crippen molar-refractivity contribution in [2.75, 3.05) is 31.1 Å². The minimum atomic E-state index is -1.11. The van der Waals surface area contributed by atoms with Gasteiger partial charge < -0.3 is 20.5 Å². The van der Waals surface area contributed by atoms with Crippen LogP contribution in [0.25, 0.3) is 0 Å². The maximum atomic E-state index is 11.1. The Morgan fingerprint density at radius 2 is 2.26 bits per heavy atom. The fourth-order valence-electron chi connectivity index (χ4n) is 2.87. The summed E-state index contributed by atoms with van der Waals surface area (Å²) >= 11 is 3.51.